The first-order chi connectivity index (χ1) is 14.4. The van der Waals surface area contributed by atoms with Crippen LogP contribution in [0.5, 0.6) is 11.5 Å². The third kappa shape index (κ3) is 4.34. The van der Waals surface area contributed by atoms with E-state index in [9.17, 15) is 0 Å². The summed E-state index contributed by atoms with van der Waals surface area (Å²) in [6, 6.07) is 4.59. The Kier molecular flexibility index (Phi) is 5.87. The maximum atomic E-state index is 6.71. The molecule has 3 aliphatic rings. The van der Waals surface area contributed by atoms with E-state index in [-0.39, 0.29) is 5.41 Å². The molecule has 3 aliphatic carbocycles. The largest absolute Gasteiger partial charge is 0.542 e. The summed E-state index contributed by atoms with van der Waals surface area (Å²) in [4.78, 5) is 5.21. The molecule has 4 atom stereocenters. The Morgan fingerprint density at radius 3 is 2.29 bits per heavy atom. The van der Waals surface area contributed by atoms with Gasteiger partial charge in [-0.3, -0.25) is 0 Å². The van der Waals surface area contributed by atoms with Crippen LogP contribution in [-0.4, -0.2) is 29.5 Å². The van der Waals surface area contributed by atoms with E-state index in [0.717, 1.165) is 30.3 Å². The van der Waals surface area contributed by atoms with Gasteiger partial charge in [-0.2, -0.15) is 0 Å². The molecule has 1 aromatic carbocycles. The van der Waals surface area contributed by atoms with Gasteiger partial charge in [0.25, 0.3) is 0 Å². The van der Waals surface area contributed by atoms with Gasteiger partial charge in [0.15, 0.2) is 0 Å². The van der Waals surface area contributed by atoms with Gasteiger partial charge >= 0.3 is 0 Å². The standard InChI is InChI=1S/C25H41NO3Si2/c1-25-16-15-18-17-11-13-22(28-30(3,4)5)24(29-31(6,7)8)20(17)10-9-19(18)21(25)12-14-23(25)26-27-2/h11,13,18-19,21H,9-10,12,14-16H2,1-8H3. The van der Waals surface area contributed by atoms with Crippen molar-refractivity contribution in [2.45, 2.75) is 90.6 Å². The Balaban J connectivity index is 1.71. The Labute approximate surface area is 191 Å². The summed E-state index contributed by atoms with van der Waals surface area (Å²) in [7, 11) is -1.78. The van der Waals surface area contributed by atoms with E-state index in [1.54, 1.807) is 7.11 Å². The highest BCUT2D eigenvalue weighted by molar-refractivity contribution is 6.71. The van der Waals surface area contributed by atoms with E-state index in [1.165, 1.54) is 42.5 Å². The van der Waals surface area contributed by atoms with Crippen molar-refractivity contribution in [2.24, 2.45) is 22.4 Å². The Bertz CT molecular complexity index is 871. The van der Waals surface area contributed by atoms with Gasteiger partial charge in [-0.05, 0) is 107 Å². The van der Waals surface area contributed by atoms with Gasteiger partial charge in [-0.25, -0.2) is 0 Å². The highest BCUT2D eigenvalue weighted by Gasteiger charge is 2.54. The van der Waals surface area contributed by atoms with Crippen molar-refractivity contribution in [1.82, 2.24) is 0 Å². The highest BCUT2D eigenvalue weighted by Crippen LogP contribution is 2.61. The summed E-state index contributed by atoms with van der Waals surface area (Å²) in [5, 5.41) is 4.45. The van der Waals surface area contributed by atoms with Crippen LogP contribution >= 0.6 is 0 Å². The lowest BCUT2D eigenvalue weighted by atomic mass is 9.55. The topological polar surface area (TPSA) is 40.0 Å². The fraction of sp³-hybridized carbons (Fsp3) is 0.720. The number of hydrogen-bond acceptors (Lipinski definition) is 4. The summed E-state index contributed by atoms with van der Waals surface area (Å²) >= 11 is 0. The van der Waals surface area contributed by atoms with Gasteiger partial charge in [-0.1, -0.05) is 18.1 Å². The Morgan fingerprint density at radius 1 is 0.935 bits per heavy atom. The molecule has 0 N–H and O–H groups in total. The first-order valence-electron chi connectivity index (χ1n) is 12.1. The number of benzene rings is 1. The zero-order valence-corrected chi connectivity index (χ0v) is 22.8. The predicted molar refractivity (Wildman–Crippen MR) is 133 cm³/mol. The molecule has 0 spiro atoms. The molecule has 4 rings (SSSR count). The van der Waals surface area contributed by atoms with Crippen molar-refractivity contribution in [2.75, 3.05) is 7.11 Å². The third-order valence-electron chi connectivity index (χ3n) is 7.59. The molecule has 0 heterocycles. The van der Waals surface area contributed by atoms with E-state index in [1.807, 2.05) is 0 Å². The second-order valence-corrected chi connectivity index (χ2v) is 20.9. The van der Waals surface area contributed by atoms with Crippen LogP contribution in [0, 0.1) is 17.3 Å². The number of fused-ring (bicyclic) bond motifs is 5. The van der Waals surface area contributed by atoms with Crippen LogP contribution < -0.4 is 8.85 Å². The molecule has 4 unspecified atom stereocenters. The van der Waals surface area contributed by atoms with Gasteiger partial charge < -0.3 is 13.7 Å². The number of oxime groups is 1. The van der Waals surface area contributed by atoms with Crippen molar-refractivity contribution in [1.29, 1.82) is 0 Å². The lowest BCUT2D eigenvalue weighted by molar-refractivity contribution is 0.0921. The SMILES string of the molecule is CON=C1CCC2C3CCc4c(ccc(O[Si](C)(C)C)c4O[Si](C)(C)C)C3CCC12C. The molecule has 172 valence electrons. The highest BCUT2D eigenvalue weighted by atomic mass is 28.4. The normalized spacial score (nSPS) is 31.6. The molecule has 0 amide bonds. The molecule has 0 aliphatic heterocycles. The maximum absolute atomic E-state index is 6.71. The van der Waals surface area contributed by atoms with Crippen LogP contribution in [-0.2, 0) is 11.3 Å². The monoisotopic (exact) mass is 459 g/mol. The zero-order valence-electron chi connectivity index (χ0n) is 20.8. The minimum absolute atomic E-state index is 0.215. The van der Waals surface area contributed by atoms with E-state index < -0.39 is 16.6 Å². The van der Waals surface area contributed by atoms with E-state index in [2.05, 4.69) is 63.5 Å². The quantitative estimate of drug-likeness (QED) is 0.352. The first kappa shape index (κ1) is 22.9. The van der Waals surface area contributed by atoms with E-state index >= 15 is 0 Å². The number of hydrogen-bond donors (Lipinski definition) is 0. The molecule has 2 fully saturated rings. The zero-order chi connectivity index (χ0) is 22.6. The van der Waals surface area contributed by atoms with E-state index in [4.69, 9.17) is 13.7 Å². The maximum Gasteiger partial charge on any atom is 0.242 e. The van der Waals surface area contributed by atoms with Crippen LogP contribution in [0.15, 0.2) is 17.3 Å². The van der Waals surface area contributed by atoms with Crippen LogP contribution in [0.1, 0.15) is 56.1 Å². The van der Waals surface area contributed by atoms with Gasteiger partial charge in [0.05, 0.1) is 5.71 Å². The van der Waals surface area contributed by atoms with Crippen LogP contribution in [0.2, 0.25) is 39.3 Å². The molecule has 1 aromatic rings. The molecule has 4 nitrogen and oxygen atoms in total. The second kappa shape index (κ2) is 7.94. The molecule has 0 aromatic heterocycles. The lowest BCUT2D eigenvalue weighted by Gasteiger charge is -2.49. The summed E-state index contributed by atoms with van der Waals surface area (Å²) in [5.74, 6) is 4.13. The third-order valence-corrected chi connectivity index (χ3v) is 9.24. The minimum Gasteiger partial charge on any atom is -0.542 e. The summed E-state index contributed by atoms with van der Waals surface area (Å²) in [5.41, 5.74) is 4.48. The Morgan fingerprint density at radius 2 is 1.65 bits per heavy atom. The molecule has 2 saturated carbocycles. The van der Waals surface area contributed by atoms with Gasteiger partial charge in [0.1, 0.15) is 18.6 Å². The van der Waals surface area contributed by atoms with E-state index in [0.29, 0.717) is 11.8 Å². The van der Waals surface area contributed by atoms with Gasteiger partial charge in [0.2, 0.25) is 16.6 Å². The molecule has 0 radical (unpaired) electrons. The van der Waals surface area contributed by atoms with Crippen molar-refractivity contribution < 1.29 is 13.7 Å². The summed E-state index contributed by atoms with van der Waals surface area (Å²) in [6.07, 6.45) is 7.13. The Hall–Kier alpha value is -1.28. The molecular formula is C25H41NO3Si2. The van der Waals surface area contributed by atoms with Crippen molar-refractivity contribution in [3.63, 3.8) is 0 Å². The average Bonchev–Trinajstić information content (AvgIpc) is 2.98. The first-order valence-corrected chi connectivity index (χ1v) is 18.9. The minimum atomic E-state index is -1.75. The molecule has 31 heavy (non-hydrogen) atoms. The van der Waals surface area contributed by atoms with Crippen molar-refractivity contribution in [3.05, 3.63) is 23.3 Å². The summed E-state index contributed by atoms with van der Waals surface area (Å²) in [6.45, 7) is 16.0. The second-order valence-electron chi connectivity index (χ2n) is 12.0. The molecule has 0 bridgehead atoms. The lowest BCUT2D eigenvalue weighted by Crippen LogP contribution is -2.43. The predicted octanol–water partition coefficient (Wildman–Crippen LogP) is 6.97. The van der Waals surface area contributed by atoms with Crippen LogP contribution in [0.3, 0.4) is 0 Å². The fourth-order valence-electron chi connectivity index (χ4n) is 6.49. The average molecular weight is 460 g/mol. The molecule has 0 saturated heterocycles. The van der Waals surface area contributed by atoms with Crippen LogP contribution in [0.4, 0.5) is 0 Å². The number of nitrogens with zero attached hydrogens (tertiary/aromatic N) is 1. The van der Waals surface area contributed by atoms with Crippen molar-refractivity contribution in [3.8, 4) is 11.5 Å². The van der Waals surface area contributed by atoms with Crippen LogP contribution in [0.25, 0.3) is 0 Å². The fourth-order valence-corrected chi connectivity index (χ4v) is 8.15. The smallest absolute Gasteiger partial charge is 0.242 e. The van der Waals surface area contributed by atoms with Gasteiger partial charge in [0, 0.05) is 11.0 Å². The molecule has 6 heteroatoms. The molecular weight excluding hydrogens is 418 g/mol. The summed E-state index contributed by atoms with van der Waals surface area (Å²) < 4.78 is 13.2. The van der Waals surface area contributed by atoms with Gasteiger partial charge in [-0.15, -0.1) is 0 Å². The number of rotatable bonds is 5. The van der Waals surface area contributed by atoms with Crippen molar-refractivity contribution >= 4 is 22.3 Å².